The van der Waals surface area contributed by atoms with Gasteiger partial charge in [-0.25, -0.2) is 4.39 Å². The molecule has 0 atom stereocenters. The lowest BCUT2D eigenvalue weighted by atomic mass is 9.76. The summed E-state index contributed by atoms with van der Waals surface area (Å²) in [6.07, 6.45) is 1.70. The Morgan fingerprint density at radius 3 is 2.44 bits per heavy atom. The Bertz CT molecular complexity index is 737. The Morgan fingerprint density at radius 1 is 1.32 bits per heavy atom. The molecule has 0 aromatic heterocycles. The molecule has 1 amide bonds. The maximum Gasteiger partial charge on any atom is 0.492 e. The van der Waals surface area contributed by atoms with Crippen LogP contribution in [0.1, 0.15) is 45.7 Å². The number of carbonyl (C=O) groups excluding carboxylic acids is 1. The molecule has 1 heterocycles. The average molecular weight is 344 g/mol. The second kappa shape index (κ2) is 6.99. The lowest BCUT2D eigenvalue weighted by Crippen LogP contribution is -2.41. The van der Waals surface area contributed by atoms with Gasteiger partial charge < -0.3 is 14.6 Å². The van der Waals surface area contributed by atoms with Gasteiger partial charge in [-0.05, 0) is 50.9 Å². The van der Waals surface area contributed by atoms with Gasteiger partial charge in [0, 0.05) is 13.5 Å². The molecule has 1 aliphatic heterocycles. The monoisotopic (exact) mass is 344 g/mol. The van der Waals surface area contributed by atoms with Crippen LogP contribution in [0.5, 0.6) is 0 Å². The topological polar surface area (TPSA) is 71.4 Å². The molecule has 2 rings (SSSR count). The fraction of sp³-hybridized carbons (Fsp3) is 0.444. The molecule has 0 spiro atoms. The molecular weight excluding hydrogens is 322 g/mol. The second-order valence-electron chi connectivity index (χ2n) is 7.06. The van der Waals surface area contributed by atoms with E-state index in [1.54, 1.807) is 6.08 Å². The van der Waals surface area contributed by atoms with Crippen molar-refractivity contribution in [3.05, 3.63) is 40.6 Å². The van der Waals surface area contributed by atoms with E-state index >= 15 is 0 Å². The van der Waals surface area contributed by atoms with Crippen LogP contribution in [0.25, 0.3) is 6.08 Å². The molecule has 132 valence electrons. The number of carbonyl (C=O) groups is 1. The average Bonchev–Trinajstić information content (AvgIpc) is 2.72. The lowest BCUT2D eigenvalue weighted by molar-refractivity contribution is -0.118. The van der Waals surface area contributed by atoms with E-state index in [0.717, 1.165) is 0 Å². The predicted molar refractivity (Wildman–Crippen MR) is 93.9 cm³/mol. The van der Waals surface area contributed by atoms with E-state index in [-0.39, 0.29) is 18.0 Å². The van der Waals surface area contributed by atoms with Crippen molar-refractivity contribution < 1.29 is 18.5 Å². The van der Waals surface area contributed by atoms with E-state index in [1.807, 2.05) is 33.8 Å². The molecule has 0 aliphatic carbocycles. The highest BCUT2D eigenvalue weighted by Crippen LogP contribution is 2.38. The van der Waals surface area contributed by atoms with Crippen molar-refractivity contribution in [3.63, 3.8) is 0 Å². The van der Waals surface area contributed by atoms with Crippen molar-refractivity contribution in [3.8, 4) is 6.07 Å². The van der Waals surface area contributed by atoms with Crippen LogP contribution < -0.4 is 5.32 Å². The maximum atomic E-state index is 13.4. The van der Waals surface area contributed by atoms with Crippen molar-refractivity contribution in [2.75, 3.05) is 6.54 Å². The minimum Gasteiger partial charge on any atom is -0.400 e. The van der Waals surface area contributed by atoms with E-state index < -0.39 is 24.1 Å². The summed E-state index contributed by atoms with van der Waals surface area (Å²) < 4.78 is 25.4. The van der Waals surface area contributed by atoms with Gasteiger partial charge >= 0.3 is 7.12 Å². The van der Waals surface area contributed by atoms with Gasteiger partial charge in [0.15, 0.2) is 0 Å². The van der Waals surface area contributed by atoms with Gasteiger partial charge in [0.05, 0.1) is 22.8 Å². The minimum atomic E-state index is -0.673. The predicted octanol–water partition coefficient (Wildman–Crippen LogP) is 2.85. The van der Waals surface area contributed by atoms with Crippen LogP contribution in [0, 0.1) is 17.1 Å². The Morgan fingerprint density at radius 2 is 1.92 bits per heavy atom. The van der Waals surface area contributed by atoms with E-state index in [4.69, 9.17) is 9.31 Å². The first-order valence-corrected chi connectivity index (χ1v) is 8.06. The number of hydrogen-bond donors (Lipinski definition) is 1. The molecule has 25 heavy (non-hydrogen) atoms. The molecule has 0 saturated carbocycles. The number of benzene rings is 1. The molecule has 0 unspecified atom stereocenters. The summed E-state index contributed by atoms with van der Waals surface area (Å²) in [6, 6.07) is 5.95. The molecule has 0 radical (unpaired) electrons. The normalized spacial score (nSPS) is 18.8. The standard InChI is InChI=1S/C18H22BFN2O3/c1-12(23)22-11-15(19-24-17(2,3)18(4,5)25-19)8-13-6-7-16(20)9-14(13)10-21/h6-9H,11H2,1-5H3,(H,22,23). The lowest BCUT2D eigenvalue weighted by Gasteiger charge is -2.32. The number of nitrogens with zero attached hydrogens (tertiary/aromatic N) is 1. The first kappa shape index (κ1) is 19.2. The van der Waals surface area contributed by atoms with Crippen LogP contribution in [0.3, 0.4) is 0 Å². The summed E-state index contributed by atoms with van der Waals surface area (Å²) in [5.41, 5.74) is 0.328. The van der Waals surface area contributed by atoms with Crippen molar-refractivity contribution >= 4 is 19.1 Å². The molecular formula is C18H22BFN2O3. The van der Waals surface area contributed by atoms with Crippen LogP contribution in [0.2, 0.25) is 0 Å². The molecule has 5 nitrogen and oxygen atoms in total. The summed E-state index contributed by atoms with van der Waals surface area (Å²) in [5, 5.41) is 11.9. The van der Waals surface area contributed by atoms with E-state index in [1.165, 1.54) is 25.1 Å². The van der Waals surface area contributed by atoms with Gasteiger partial charge in [0.2, 0.25) is 5.91 Å². The van der Waals surface area contributed by atoms with Gasteiger partial charge in [-0.3, -0.25) is 4.79 Å². The number of nitriles is 1. The fourth-order valence-electron chi connectivity index (χ4n) is 2.37. The minimum absolute atomic E-state index is 0.193. The van der Waals surface area contributed by atoms with E-state index in [9.17, 15) is 14.4 Å². The highest BCUT2D eigenvalue weighted by Gasteiger charge is 2.52. The number of hydrogen-bond acceptors (Lipinski definition) is 4. The van der Waals surface area contributed by atoms with E-state index in [2.05, 4.69) is 5.32 Å². The van der Waals surface area contributed by atoms with Gasteiger partial charge in [0.25, 0.3) is 0 Å². The third kappa shape index (κ3) is 4.27. The second-order valence-corrected chi connectivity index (χ2v) is 7.06. The number of rotatable bonds is 4. The fourth-order valence-corrected chi connectivity index (χ4v) is 2.37. The quantitative estimate of drug-likeness (QED) is 0.853. The zero-order valence-corrected chi connectivity index (χ0v) is 15.1. The summed E-state index contributed by atoms with van der Waals surface area (Å²) >= 11 is 0. The SMILES string of the molecule is CC(=O)NCC(=Cc1ccc(F)cc1C#N)B1OC(C)(C)C(C)(C)O1. The third-order valence-electron chi connectivity index (χ3n) is 4.57. The molecule has 1 aromatic carbocycles. The Kier molecular flexibility index (Phi) is 5.35. The number of nitrogens with one attached hydrogen (secondary N) is 1. The highest BCUT2D eigenvalue weighted by molar-refractivity contribution is 6.56. The smallest absolute Gasteiger partial charge is 0.400 e. The zero-order chi connectivity index (χ0) is 18.8. The van der Waals surface area contributed by atoms with Crippen molar-refractivity contribution in [1.29, 1.82) is 5.26 Å². The van der Waals surface area contributed by atoms with Gasteiger partial charge in [-0.2, -0.15) is 5.26 Å². The highest BCUT2D eigenvalue weighted by atomic mass is 19.1. The maximum absolute atomic E-state index is 13.4. The molecule has 0 bridgehead atoms. The Balaban J connectivity index is 2.41. The molecule has 1 aliphatic rings. The van der Waals surface area contributed by atoms with Crippen molar-refractivity contribution in [1.82, 2.24) is 5.32 Å². The molecule has 7 heteroatoms. The van der Waals surface area contributed by atoms with Crippen LogP contribution in [0.4, 0.5) is 4.39 Å². The molecule has 1 saturated heterocycles. The van der Waals surface area contributed by atoms with Crippen molar-refractivity contribution in [2.45, 2.75) is 45.8 Å². The molecule has 1 fully saturated rings. The number of amides is 1. The van der Waals surface area contributed by atoms with Crippen LogP contribution in [-0.2, 0) is 14.1 Å². The van der Waals surface area contributed by atoms with E-state index in [0.29, 0.717) is 11.0 Å². The number of halogens is 1. The van der Waals surface area contributed by atoms with Crippen molar-refractivity contribution in [2.24, 2.45) is 0 Å². The Hall–Kier alpha value is -2.17. The third-order valence-corrected chi connectivity index (χ3v) is 4.57. The first-order valence-electron chi connectivity index (χ1n) is 8.06. The molecule has 1 N–H and O–H groups in total. The van der Waals surface area contributed by atoms with Gasteiger partial charge in [-0.1, -0.05) is 12.1 Å². The summed E-state index contributed by atoms with van der Waals surface area (Å²) in [4.78, 5) is 11.3. The largest absolute Gasteiger partial charge is 0.492 e. The Labute approximate surface area is 148 Å². The van der Waals surface area contributed by atoms with Crippen LogP contribution in [0.15, 0.2) is 23.7 Å². The van der Waals surface area contributed by atoms with Gasteiger partial charge in [0.1, 0.15) is 5.82 Å². The van der Waals surface area contributed by atoms with Crippen LogP contribution in [-0.4, -0.2) is 30.8 Å². The summed E-state index contributed by atoms with van der Waals surface area (Å²) in [7, 11) is -0.673. The van der Waals surface area contributed by atoms with Crippen LogP contribution >= 0.6 is 0 Å². The summed E-state index contributed by atoms with van der Waals surface area (Å²) in [6.45, 7) is 9.35. The molecule has 1 aromatic rings. The summed E-state index contributed by atoms with van der Waals surface area (Å²) in [5.74, 6) is -0.672. The first-order chi connectivity index (χ1) is 11.6. The zero-order valence-electron chi connectivity index (χ0n) is 15.1. The van der Waals surface area contributed by atoms with Gasteiger partial charge in [-0.15, -0.1) is 0 Å².